The number of hydrogen-bond acceptors (Lipinski definition) is 7. The number of aromatic hydroxyl groups is 1. The Balaban J connectivity index is 2.49. The first-order valence-corrected chi connectivity index (χ1v) is 12.3. The minimum absolute atomic E-state index is 0.0484. The van der Waals surface area contributed by atoms with E-state index in [1.165, 1.54) is 18.1 Å². The number of thiol groups is 1. The van der Waals surface area contributed by atoms with E-state index in [2.05, 4.69) is 29.8 Å². The Kier molecular flexibility index (Phi) is 10.4. The van der Waals surface area contributed by atoms with Gasteiger partial charge in [0.2, 0.25) is 5.91 Å². The second-order valence-electron chi connectivity index (χ2n) is 9.29. The summed E-state index contributed by atoms with van der Waals surface area (Å²) in [4.78, 5) is 41.0. The molecule has 2 aromatic rings. The number of benzene rings is 2. The summed E-state index contributed by atoms with van der Waals surface area (Å²) in [5.74, 6) is -0.743. The predicted octanol–water partition coefficient (Wildman–Crippen LogP) is 4.23. The summed E-state index contributed by atoms with van der Waals surface area (Å²) < 4.78 is 10.4. The average Bonchev–Trinajstić information content (AvgIpc) is 2.83. The van der Waals surface area contributed by atoms with E-state index < -0.39 is 35.6 Å². The van der Waals surface area contributed by atoms with Crippen LogP contribution >= 0.6 is 12.6 Å². The number of rotatable bonds is 10. The summed E-state index contributed by atoms with van der Waals surface area (Å²) >= 11 is 4.24. The summed E-state index contributed by atoms with van der Waals surface area (Å²) in [5, 5.41) is 16.2. The lowest BCUT2D eigenvalue weighted by molar-refractivity contribution is -0.139. The number of carbonyl (C=O) groups is 3. The monoisotopic (exact) mass is 529 g/mol. The molecule has 10 heteroatoms. The van der Waals surface area contributed by atoms with Crippen LogP contribution in [0.1, 0.15) is 37.9 Å². The van der Waals surface area contributed by atoms with Crippen molar-refractivity contribution in [2.24, 2.45) is 0 Å². The second kappa shape index (κ2) is 13.0. The molecule has 0 aliphatic rings. The lowest BCUT2D eigenvalue weighted by Gasteiger charge is -2.34. The zero-order valence-electron chi connectivity index (χ0n) is 21.8. The van der Waals surface area contributed by atoms with Crippen molar-refractivity contribution in [2.45, 2.75) is 45.4 Å². The van der Waals surface area contributed by atoms with Gasteiger partial charge in [-0.3, -0.25) is 9.59 Å². The summed E-state index contributed by atoms with van der Waals surface area (Å²) in [7, 11) is 1.53. The Bertz CT molecular complexity index is 1110. The van der Waals surface area contributed by atoms with Crippen LogP contribution in [0, 0.1) is 6.92 Å². The lowest BCUT2D eigenvalue weighted by atomic mass is 9.99. The van der Waals surface area contributed by atoms with Gasteiger partial charge in [-0.25, -0.2) is 4.79 Å². The summed E-state index contributed by atoms with van der Waals surface area (Å²) in [5.41, 5.74) is 0.440. The van der Waals surface area contributed by atoms with Gasteiger partial charge >= 0.3 is 6.09 Å². The van der Waals surface area contributed by atoms with Crippen LogP contribution in [-0.4, -0.2) is 59.0 Å². The maximum atomic E-state index is 13.7. The Morgan fingerprint density at radius 1 is 1.16 bits per heavy atom. The number of aryl methyl sites for hydroxylation is 1. The Labute approximate surface area is 223 Å². The molecule has 0 aliphatic heterocycles. The van der Waals surface area contributed by atoms with Crippen molar-refractivity contribution >= 4 is 36.2 Å². The van der Waals surface area contributed by atoms with E-state index in [0.717, 1.165) is 0 Å². The van der Waals surface area contributed by atoms with E-state index in [4.69, 9.17) is 9.47 Å². The number of para-hydroxylation sites is 1. The van der Waals surface area contributed by atoms with Crippen molar-refractivity contribution in [1.29, 1.82) is 0 Å². The van der Waals surface area contributed by atoms with Crippen LogP contribution in [0.2, 0.25) is 0 Å². The highest BCUT2D eigenvalue weighted by molar-refractivity contribution is 7.80. The van der Waals surface area contributed by atoms with Crippen LogP contribution in [0.4, 0.5) is 10.5 Å². The molecule has 2 unspecified atom stereocenters. The van der Waals surface area contributed by atoms with Crippen LogP contribution in [0.3, 0.4) is 0 Å². The number of methoxy groups -OCH3 is 1. The molecule has 2 aromatic carbocycles. The van der Waals surface area contributed by atoms with Gasteiger partial charge in [0.25, 0.3) is 5.91 Å². The van der Waals surface area contributed by atoms with E-state index in [1.807, 2.05) is 0 Å². The number of anilines is 1. The molecule has 2 rings (SSSR count). The fourth-order valence-corrected chi connectivity index (χ4v) is 3.78. The van der Waals surface area contributed by atoms with Gasteiger partial charge in [-0.15, -0.1) is 6.58 Å². The Hall–Kier alpha value is -3.66. The Morgan fingerprint density at radius 3 is 2.35 bits per heavy atom. The summed E-state index contributed by atoms with van der Waals surface area (Å²) in [6.45, 7) is 10.5. The lowest BCUT2D eigenvalue weighted by Crippen LogP contribution is -2.53. The van der Waals surface area contributed by atoms with E-state index in [9.17, 15) is 19.5 Å². The number of alkyl carbamates (subject to hydrolysis) is 1. The van der Waals surface area contributed by atoms with Gasteiger partial charge < -0.3 is 30.1 Å². The molecule has 0 saturated carbocycles. The molecule has 3 amide bonds. The number of amides is 3. The van der Waals surface area contributed by atoms with E-state index in [1.54, 1.807) is 70.2 Å². The third-order valence-electron chi connectivity index (χ3n) is 5.26. The molecular weight excluding hydrogens is 494 g/mol. The molecule has 0 aliphatic carbocycles. The van der Waals surface area contributed by atoms with Crippen LogP contribution < -0.4 is 15.4 Å². The van der Waals surface area contributed by atoms with Crippen molar-refractivity contribution in [3.8, 4) is 11.5 Å². The molecular formula is C27H35N3O6S. The third-order valence-corrected chi connectivity index (χ3v) is 5.63. The van der Waals surface area contributed by atoms with Gasteiger partial charge in [0.05, 0.1) is 7.11 Å². The van der Waals surface area contributed by atoms with Gasteiger partial charge in [-0.05, 0) is 57.5 Å². The van der Waals surface area contributed by atoms with Crippen molar-refractivity contribution in [2.75, 3.05) is 24.7 Å². The molecule has 37 heavy (non-hydrogen) atoms. The normalized spacial score (nSPS) is 12.6. The number of nitrogens with zero attached hydrogens (tertiary/aromatic N) is 1. The molecule has 0 bridgehead atoms. The minimum Gasteiger partial charge on any atom is -0.507 e. The highest BCUT2D eigenvalue weighted by Gasteiger charge is 2.37. The van der Waals surface area contributed by atoms with E-state index >= 15 is 0 Å². The molecule has 9 nitrogen and oxygen atoms in total. The van der Waals surface area contributed by atoms with Crippen molar-refractivity contribution in [3.63, 3.8) is 0 Å². The number of carbonyl (C=O) groups excluding carboxylic acids is 3. The van der Waals surface area contributed by atoms with Crippen LogP contribution in [-0.2, 0) is 14.3 Å². The van der Waals surface area contributed by atoms with Crippen molar-refractivity contribution < 1.29 is 29.0 Å². The molecule has 0 saturated heterocycles. The molecule has 2 atom stereocenters. The highest BCUT2D eigenvalue weighted by Crippen LogP contribution is 2.33. The number of hydrogen-bond donors (Lipinski definition) is 4. The van der Waals surface area contributed by atoms with Crippen molar-refractivity contribution in [1.82, 2.24) is 10.2 Å². The summed E-state index contributed by atoms with van der Waals surface area (Å²) in [6, 6.07) is 9.26. The van der Waals surface area contributed by atoms with Gasteiger partial charge in [-0.1, -0.05) is 24.3 Å². The number of nitrogens with one attached hydrogen (secondary N) is 2. The largest absolute Gasteiger partial charge is 0.507 e. The average molecular weight is 530 g/mol. The zero-order valence-corrected chi connectivity index (χ0v) is 22.7. The smallest absolute Gasteiger partial charge is 0.408 e. The highest BCUT2D eigenvalue weighted by atomic mass is 32.1. The molecule has 0 spiro atoms. The number of phenolic OH excluding ortho intramolecular Hbond substituents is 1. The van der Waals surface area contributed by atoms with Crippen LogP contribution in [0.15, 0.2) is 55.1 Å². The fraction of sp³-hybridized carbons (Fsp3) is 0.370. The molecule has 0 radical (unpaired) electrons. The van der Waals surface area contributed by atoms with E-state index in [-0.39, 0.29) is 23.6 Å². The van der Waals surface area contributed by atoms with Gasteiger partial charge in [0.15, 0.2) is 0 Å². The first-order valence-electron chi connectivity index (χ1n) is 11.7. The number of ether oxygens (including phenoxy) is 2. The standard InChI is InChI=1S/C27H35N3O6S/c1-7-15-30(25(33)21(16-37)29-26(34)36-27(3,4)5)22(20-10-8-9-17(2)23(20)31)24(32)28-18-11-13-19(35-6)14-12-18/h7-14,21-22,31,37H,1,15-16H2,2-6H3,(H,28,32)(H,29,34). The molecule has 0 fully saturated rings. The fourth-order valence-electron chi connectivity index (χ4n) is 3.54. The minimum atomic E-state index is -1.25. The van der Waals surface area contributed by atoms with Crippen LogP contribution in [0.25, 0.3) is 0 Å². The third kappa shape index (κ3) is 8.18. The zero-order chi connectivity index (χ0) is 27.8. The predicted molar refractivity (Wildman–Crippen MR) is 146 cm³/mol. The molecule has 0 aromatic heterocycles. The molecule has 3 N–H and O–H groups in total. The van der Waals surface area contributed by atoms with Crippen LogP contribution in [0.5, 0.6) is 11.5 Å². The summed E-state index contributed by atoms with van der Waals surface area (Å²) in [6.07, 6.45) is 0.664. The maximum absolute atomic E-state index is 13.7. The molecule has 0 heterocycles. The maximum Gasteiger partial charge on any atom is 0.408 e. The van der Waals surface area contributed by atoms with Gasteiger partial charge in [0, 0.05) is 23.5 Å². The van der Waals surface area contributed by atoms with Gasteiger partial charge in [0.1, 0.15) is 29.2 Å². The van der Waals surface area contributed by atoms with Gasteiger partial charge in [-0.2, -0.15) is 12.6 Å². The van der Waals surface area contributed by atoms with Crippen molar-refractivity contribution in [3.05, 3.63) is 66.2 Å². The topological polar surface area (TPSA) is 117 Å². The first-order chi connectivity index (χ1) is 17.4. The quantitative estimate of drug-likeness (QED) is 0.270. The SMILES string of the molecule is C=CCN(C(=O)C(CS)NC(=O)OC(C)(C)C)C(C(=O)Nc1ccc(OC)cc1)c1cccc(C)c1O. The second-order valence-corrected chi connectivity index (χ2v) is 9.66. The number of phenols is 1. The molecule has 200 valence electrons. The Morgan fingerprint density at radius 2 is 1.81 bits per heavy atom. The van der Waals surface area contributed by atoms with E-state index in [0.29, 0.717) is 17.0 Å². The first kappa shape index (κ1) is 29.6.